The van der Waals surface area contributed by atoms with Crippen LogP contribution < -0.4 is 14.8 Å². The van der Waals surface area contributed by atoms with Gasteiger partial charge in [-0.25, -0.2) is 4.39 Å². The van der Waals surface area contributed by atoms with Crippen molar-refractivity contribution in [2.45, 2.75) is 12.5 Å². The first-order valence-corrected chi connectivity index (χ1v) is 7.62. The Morgan fingerprint density at radius 2 is 1.96 bits per heavy atom. The number of benzene rings is 2. The van der Waals surface area contributed by atoms with Crippen molar-refractivity contribution in [2.24, 2.45) is 5.16 Å². The number of nitrogens with zero attached hydrogens (tertiary/aromatic N) is 1. The van der Waals surface area contributed by atoms with Gasteiger partial charge in [-0.2, -0.15) is 0 Å². The van der Waals surface area contributed by atoms with Crippen molar-refractivity contribution >= 4 is 17.3 Å². The number of oxime groups is 1. The molecular formula is C18H17FN2O4. The number of carbonyl (C=O) groups excluding carboxylic acids is 1. The van der Waals surface area contributed by atoms with E-state index >= 15 is 0 Å². The summed E-state index contributed by atoms with van der Waals surface area (Å²) in [4.78, 5) is 17.7. The normalized spacial score (nSPS) is 16.0. The van der Waals surface area contributed by atoms with Crippen LogP contribution in [0.15, 0.2) is 47.6 Å². The molecule has 130 valence electrons. The molecule has 0 radical (unpaired) electrons. The van der Waals surface area contributed by atoms with Crippen molar-refractivity contribution in [2.75, 3.05) is 19.5 Å². The Bertz CT molecular complexity index is 805. The molecule has 1 amide bonds. The van der Waals surface area contributed by atoms with Crippen LogP contribution in [0.5, 0.6) is 11.5 Å². The molecule has 0 aliphatic carbocycles. The molecule has 1 aliphatic heterocycles. The highest BCUT2D eigenvalue weighted by atomic mass is 19.1. The van der Waals surface area contributed by atoms with E-state index in [-0.39, 0.29) is 11.7 Å². The van der Waals surface area contributed by atoms with Crippen LogP contribution in [0.25, 0.3) is 0 Å². The van der Waals surface area contributed by atoms with Crippen molar-refractivity contribution in [3.63, 3.8) is 0 Å². The van der Waals surface area contributed by atoms with Gasteiger partial charge in [0.2, 0.25) is 6.10 Å². The van der Waals surface area contributed by atoms with Gasteiger partial charge in [0.15, 0.2) is 0 Å². The minimum atomic E-state index is -0.768. The van der Waals surface area contributed by atoms with Crippen molar-refractivity contribution in [1.29, 1.82) is 0 Å². The predicted octanol–water partition coefficient (Wildman–Crippen LogP) is 2.97. The second kappa shape index (κ2) is 7.21. The molecular weight excluding hydrogens is 327 g/mol. The predicted molar refractivity (Wildman–Crippen MR) is 90.6 cm³/mol. The fourth-order valence-electron chi connectivity index (χ4n) is 2.46. The molecule has 2 aromatic rings. The lowest BCUT2D eigenvalue weighted by Crippen LogP contribution is -2.28. The molecule has 1 aliphatic rings. The molecule has 0 spiro atoms. The van der Waals surface area contributed by atoms with Crippen LogP contribution >= 0.6 is 0 Å². The number of hydrogen-bond acceptors (Lipinski definition) is 5. The number of methoxy groups -OCH3 is 2. The Balaban J connectivity index is 1.68. The molecule has 25 heavy (non-hydrogen) atoms. The molecule has 1 heterocycles. The standard InChI is InChI=1S/C18H17FN2O4/c1-23-13-7-8-16(24-2)15(9-13)20-18(22)17-10-14(21-25-17)11-3-5-12(19)6-4-11/h3-9,17H,10H2,1-2H3,(H,20,22)/t17-/m0/s1. The smallest absolute Gasteiger partial charge is 0.268 e. The molecule has 0 fully saturated rings. The fraction of sp³-hybridized carbons (Fsp3) is 0.222. The molecule has 7 heteroatoms. The highest BCUT2D eigenvalue weighted by Gasteiger charge is 2.29. The zero-order chi connectivity index (χ0) is 17.8. The van der Waals surface area contributed by atoms with Crippen molar-refractivity contribution in [3.8, 4) is 11.5 Å². The van der Waals surface area contributed by atoms with Crippen LogP contribution in [0.3, 0.4) is 0 Å². The van der Waals surface area contributed by atoms with E-state index in [9.17, 15) is 9.18 Å². The van der Waals surface area contributed by atoms with Gasteiger partial charge in [0.25, 0.3) is 5.91 Å². The molecule has 1 N–H and O–H groups in total. The third-order valence-corrected chi connectivity index (χ3v) is 3.80. The van der Waals surface area contributed by atoms with E-state index in [2.05, 4.69) is 10.5 Å². The van der Waals surface area contributed by atoms with Gasteiger partial charge in [-0.1, -0.05) is 17.3 Å². The number of amides is 1. The summed E-state index contributed by atoms with van der Waals surface area (Å²) in [5.74, 6) is 0.411. The number of halogens is 1. The maximum Gasteiger partial charge on any atom is 0.268 e. The average Bonchev–Trinajstić information content (AvgIpc) is 3.12. The maximum absolute atomic E-state index is 13.0. The van der Waals surface area contributed by atoms with Crippen LogP contribution in [-0.4, -0.2) is 31.9 Å². The van der Waals surface area contributed by atoms with Crippen LogP contribution in [0.2, 0.25) is 0 Å². The molecule has 0 saturated heterocycles. The van der Waals surface area contributed by atoms with Gasteiger partial charge >= 0.3 is 0 Å². The third kappa shape index (κ3) is 3.71. The maximum atomic E-state index is 13.0. The first kappa shape index (κ1) is 16.8. The number of ether oxygens (including phenoxy) is 2. The van der Waals surface area contributed by atoms with Gasteiger partial charge in [-0.05, 0) is 29.8 Å². The Hall–Kier alpha value is -3.09. The van der Waals surface area contributed by atoms with Crippen molar-refractivity contribution in [1.82, 2.24) is 0 Å². The van der Waals surface area contributed by atoms with Gasteiger partial charge in [0, 0.05) is 12.5 Å². The molecule has 2 aromatic carbocycles. The minimum Gasteiger partial charge on any atom is -0.497 e. The number of rotatable bonds is 5. The van der Waals surface area contributed by atoms with E-state index in [0.717, 1.165) is 5.56 Å². The molecule has 6 nitrogen and oxygen atoms in total. The number of carbonyl (C=O) groups is 1. The summed E-state index contributed by atoms with van der Waals surface area (Å²) < 4.78 is 23.4. The van der Waals surface area contributed by atoms with E-state index in [4.69, 9.17) is 14.3 Å². The second-order valence-electron chi connectivity index (χ2n) is 5.40. The monoisotopic (exact) mass is 344 g/mol. The molecule has 0 bridgehead atoms. The van der Waals surface area contributed by atoms with Crippen molar-refractivity contribution < 1.29 is 23.5 Å². The molecule has 0 aromatic heterocycles. The van der Waals surface area contributed by atoms with Crippen molar-refractivity contribution in [3.05, 3.63) is 53.8 Å². The number of hydrogen-bond donors (Lipinski definition) is 1. The van der Waals surface area contributed by atoms with E-state index in [1.165, 1.54) is 26.4 Å². The van der Waals surface area contributed by atoms with Gasteiger partial charge in [0.05, 0.1) is 25.6 Å². The highest BCUT2D eigenvalue weighted by molar-refractivity contribution is 6.06. The summed E-state index contributed by atoms with van der Waals surface area (Å²) in [6.45, 7) is 0. The van der Waals surface area contributed by atoms with E-state index in [1.807, 2.05) is 0 Å². The summed E-state index contributed by atoms with van der Waals surface area (Å²) in [5, 5.41) is 6.69. The third-order valence-electron chi connectivity index (χ3n) is 3.80. The van der Waals surface area contributed by atoms with Crippen LogP contribution in [-0.2, 0) is 9.63 Å². The molecule has 0 unspecified atom stereocenters. The summed E-state index contributed by atoms with van der Waals surface area (Å²) in [6.07, 6.45) is -0.472. The summed E-state index contributed by atoms with van der Waals surface area (Å²) in [6, 6.07) is 11.0. The zero-order valence-electron chi connectivity index (χ0n) is 13.8. The largest absolute Gasteiger partial charge is 0.497 e. The summed E-state index contributed by atoms with van der Waals surface area (Å²) >= 11 is 0. The van der Waals surface area contributed by atoms with Crippen LogP contribution in [0.1, 0.15) is 12.0 Å². The van der Waals surface area contributed by atoms with Gasteiger partial charge in [0.1, 0.15) is 17.3 Å². The first-order chi connectivity index (χ1) is 12.1. The highest BCUT2D eigenvalue weighted by Crippen LogP contribution is 2.29. The topological polar surface area (TPSA) is 69.2 Å². The molecule has 0 saturated carbocycles. The van der Waals surface area contributed by atoms with Crippen LogP contribution in [0.4, 0.5) is 10.1 Å². The zero-order valence-corrected chi connectivity index (χ0v) is 13.8. The SMILES string of the molecule is COc1ccc(OC)c(NC(=O)[C@@H]2CC(c3ccc(F)cc3)=NO2)c1. The lowest BCUT2D eigenvalue weighted by Gasteiger charge is -2.13. The molecule has 1 atom stereocenters. The Kier molecular flexibility index (Phi) is 4.83. The summed E-state index contributed by atoms with van der Waals surface area (Å²) in [7, 11) is 3.05. The lowest BCUT2D eigenvalue weighted by molar-refractivity contribution is -0.125. The first-order valence-electron chi connectivity index (χ1n) is 7.62. The van der Waals surface area contributed by atoms with Crippen LogP contribution in [0, 0.1) is 5.82 Å². The number of nitrogens with one attached hydrogen (secondary N) is 1. The quantitative estimate of drug-likeness (QED) is 0.905. The van der Waals surface area contributed by atoms with Gasteiger partial charge in [-0.3, -0.25) is 4.79 Å². The van der Waals surface area contributed by atoms with E-state index in [0.29, 0.717) is 29.3 Å². The average molecular weight is 344 g/mol. The lowest BCUT2D eigenvalue weighted by atomic mass is 10.0. The van der Waals surface area contributed by atoms with E-state index in [1.54, 1.807) is 30.3 Å². The molecule has 3 rings (SSSR count). The second-order valence-corrected chi connectivity index (χ2v) is 5.40. The van der Waals surface area contributed by atoms with Gasteiger partial charge < -0.3 is 19.6 Å². The Labute approximate surface area is 144 Å². The van der Waals surface area contributed by atoms with E-state index < -0.39 is 6.10 Å². The Morgan fingerprint density at radius 3 is 2.64 bits per heavy atom. The van der Waals surface area contributed by atoms with Gasteiger partial charge in [-0.15, -0.1) is 0 Å². The Morgan fingerprint density at radius 1 is 1.20 bits per heavy atom. The number of anilines is 1. The fourth-order valence-corrected chi connectivity index (χ4v) is 2.46. The summed E-state index contributed by atoms with van der Waals surface area (Å²) in [5.41, 5.74) is 1.79. The minimum absolute atomic E-state index is 0.295.